The van der Waals surface area contributed by atoms with Gasteiger partial charge in [0.2, 0.25) is 11.8 Å². The third kappa shape index (κ3) is 4.81. The molecule has 1 N–H and O–H groups in total. The molecule has 0 saturated heterocycles. The lowest BCUT2D eigenvalue weighted by Gasteiger charge is -2.35. The van der Waals surface area contributed by atoms with Crippen molar-refractivity contribution in [3.05, 3.63) is 35.9 Å². The van der Waals surface area contributed by atoms with Gasteiger partial charge in [0.15, 0.2) is 0 Å². The molecule has 0 heterocycles. The van der Waals surface area contributed by atoms with Crippen LogP contribution in [0.4, 0.5) is 0 Å². The predicted octanol–water partition coefficient (Wildman–Crippen LogP) is 1.53. The van der Waals surface area contributed by atoms with Crippen LogP contribution < -0.4 is 5.32 Å². The van der Waals surface area contributed by atoms with Gasteiger partial charge in [-0.05, 0) is 19.4 Å². The number of carbonyl (C=O) groups excluding carboxylic acids is 3. The Morgan fingerprint density at radius 1 is 1.21 bits per heavy atom. The van der Waals surface area contributed by atoms with E-state index in [2.05, 4.69) is 5.32 Å². The zero-order valence-corrected chi connectivity index (χ0v) is 15.0. The van der Waals surface area contributed by atoms with Gasteiger partial charge in [-0.2, -0.15) is 0 Å². The number of nitrogens with zero attached hydrogens (tertiary/aromatic N) is 1. The highest BCUT2D eigenvalue weighted by molar-refractivity contribution is 5.93. The van der Waals surface area contributed by atoms with Crippen LogP contribution in [0.15, 0.2) is 30.3 Å². The number of ether oxygens (including phenoxy) is 1. The molecule has 1 aromatic carbocycles. The molecule has 0 unspecified atom stereocenters. The number of hydrogen-bond donors (Lipinski definition) is 1. The van der Waals surface area contributed by atoms with Crippen LogP contribution in [0.3, 0.4) is 0 Å². The van der Waals surface area contributed by atoms with E-state index in [0.29, 0.717) is 12.8 Å². The number of rotatable bonds is 7. The highest BCUT2D eigenvalue weighted by Crippen LogP contribution is 2.15. The van der Waals surface area contributed by atoms with Crippen LogP contribution in [0, 0.1) is 0 Å². The Balaban J connectivity index is 2.91. The first-order chi connectivity index (χ1) is 11.2. The van der Waals surface area contributed by atoms with Crippen LogP contribution in [-0.4, -0.2) is 48.4 Å². The number of amides is 2. The van der Waals surface area contributed by atoms with Gasteiger partial charge in [0.05, 0.1) is 7.11 Å². The van der Waals surface area contributed by atoms with Crippen molar-refractivity contribution in [2.45, 2.75) is 45.2 Å². The summed E-state index contributed by atoms with van der Waals surface area (Å²) in [5.41, 5.74) is -0.167. The Hall–Kier alpha value is -2.37. The lowest BCUT2D eigenvalue weighted by molar-refractivity contribution is -0.148. The van der Waals surface area contributed by atoms with E-state index >= 15 is 0 Å². The van der Waals surface area contributed by atoms with E-state index in [4.69, 9.17) is 4.74 Å². The Morgan fingerprint density at radius 2 is 1.79 bits per heavy atom. The minimum atomic E-state index is -1.07. The van der Waals surface area contributed by atoms with Crippen LogP contribution in [0.1, 0.15) is 32.8 Å². The van der Waals surface area contributed by atoms with Gasteiger partial charge in [0.25, 0.3) is 0 Å². The summed E-state index contributed by atoms with van der Waals surface area (Å²) in [5.74, 6) is -1.07. The van der Waals surface area contributed by atoms with Crippen LogP contribution in [0.2, 0.25) is 0 Å². The molecule has 0 radical (unpaired) electrons. The largest absolute Gasteiger partial charge is 0.467 e. The minimum Gasteiger partial charge on any atom is -0.467 e. The molecule has 1 atom stereocenters. The van der Waals surface area contributed by atoms with Crippen molar-refractivity contribution in [2.24, 2.45) is 0 Å². The summed E-state index contributed by atoms with van der Waals surface area (Å²) in [6, 6.07) is 8.55. The van der Waals surface area contributed by atoms with Crippen molar-refractivity contribution in [3.63, 3.8) is 0 Å². The second-order valence-electron chi connectivity index (χ2n) is 6.10. The summed E-state index contributed by atoms with van der Waals surface area (Å²) in [5, 5.41) is 2.71. The smallest absolute Gasteiger partial charge is 0.328 e. The monoisotopic (exact) mass is 334 g/mol. The molecule has 0 saturated carbocycles. The molecule has 1 aromatic rings. The highest BCUT2D eigenvalue weighted by Gasteiger charge is 2.37. The third-order valence-electron chi connectivity index (χ3n) is 4.14. The van der Waals surface area contributed by atoms with Gasteiger partial charge in [0, 0.05) is 19.9 Å². The van der Waals surface area contributed by atoms with Gasteiger partial charge in [-0.3, -0.25) is 9.59 Å². The van der Waals surface area contributed by atoms with Crippen LogP contribution >= 0.6 is 0 Å². The predicted molar refractivity (Wildman–Crippen MR) is 91.2 cm³/mol. The molecule has 2 amide bonds. The summed E-state index contributed by atoms with van der Waals surface area (Å²) in [4.78, 5) is 37.9. The summed E-state index contributed by atoms with van der Waals surface area (Å²) < 4.78 is 4.79. The number of esters is 1. The van der Waals surface area contributed by atoms with Crippen LogP contribution in [0.5, 0.6) is 0 Å². The van der Waals surface area contributed by atoms with E-state index < -0.39 is 23.5 Å². The van der Waals surface area contributed by atoms with E-state index in [9.17, 15) is 14.4 Å². The second kappa shape index (κ2) is 8.47. The van der Waals surface area contributed by atoms with Gasteiger partial charge < -0.3 is 15.0 Å². The normalized spacial score (nSPS) is 12.2. The van der Waals surface area contributed by atoms with E-state index in [1.165, 1.54) is 12.0 Å². The molecule has 0 bridgehead atoms. The fourth-order valence-electron chi connectivity index (χ4n) is 2.22. The van der Waals surface area contributed by atoms with E-state index in [1.54, 1.807) is 27.8 Å². The summed E-state index contributed by atoms with van der Waals surface area (Å²) in [6.07, 6.45) is 0.623. The van der Waals surface area contributed by atoms with Crippen molar-refractivity contribution >= 4 is 17.8 Å². The first-order valence-electron chi connectivity index (χ1n) is 7.93. The van der Waals surface area contributed by atoms with E-state index in [-0.39, 0.29) is 5.91 Å². The summed E-state index contributed by atoms with van der Waals surface area (Å²) in [6.45, 7) is 5.03. The molecular formula is C18H26N2O4. The third-order valence-corrected chi connectivity index (χ3v) is 4.14. The fourth-order valence-corrected chi connectivity index (χ4v) is 2.22. The molecule has 0 fully saturated rings. The van der Waals surface area contributed by atoms with Crippen molar-refractivity contribution < 1.29 is 19.1 Å². The van der Waals surface area contributed by atoms with E-state index in [1.807, 2.05) is 30.3 Å². The summed E-state index contributed by atoms with van der Waals surface area (Å²) >= 11 is 0. The van der Waals surface area contributed by atoms with Gasteiger partial charge in [-0.25, -0.2) is 4.79 Å². The Bertz CT molecular complexity index is 584. The first-order valence-corrected chi connectivity index (χ1v) is 7.93. The van der Waals surface area contributed by atoms with Crippen molar-refractivity contribution in [1.29, 1.82) is 0 Å². The maximum atomic E-state index is 12.6. The molecule has 1 rings (SSSR count). The Labute approximate surface area is 143 Å². The number of hydrogen-bond acceptors (Lipinski definition) is 4. The molecule has 6 heteroatoms. The quantitative estimate of drug-likeness (QED) is 0.767. The maximum absolute atomic E-state index is 12.6. The molecule has 0 aliphatic rings. The number of methoxy groups -OCH3 is 1. The SMILES string of the molecule is CCC(=O)N(C)C(C)(C)C(=O)N[C@@H](Cc1ccccc1)C(=O)OC. The number of benzene rings is 1. The minimum absolute atomic E-state index is 0.146. The lowest BCUT2D eigenvalue weighted by atomic mass is 9.99. The van der Waals surface area contributed by atoms with Gasteiger partial charge >= 0.3 is 5.97 Å². The topological polar surface area (TPSA) is 75.7 Å². The number of likely N-dealkylation sites (N-methyl/N-ethyl adjacent to an activating group) is 1. The first kappa shape index (κ1) is 19.7. The number of nitrogens with one attached hydrogen (secondary N) is 1. The molecule has 132 valence electrons. The Kier molecular flexibility index (Phi) is 6.95. The molecule has 0 spiro atoms. The van der Waals surface area contributed by atoms with E-state index in [0.717, 1.165) is 5.56 Å². The summed E-state index contributed by atoms with van der Waals surface area (Å²) in [7, 11) is 2.86. The average Bonchev–Trinajstić information content (AvgIpc) is 2.59. The molecule has 0 aromatic heterocycles. The van der Waals surface area contributed by atoms with Gasteiger partial charge in [0.1, 0.15) is 11.6 Å². The van der Waals surface area contributed by atoms with Crippen LogP contribution in [-0.2, 0) is 25.5 Å². The molecule has 0 aliphatic heterocycles. The lowest BCUT2D eigenvalue weighted by Crippen LogP contribution is -2.58. The maximum Gasteiger partial charge on any atom is 0.328 e. The standard InChI is InChI=1S/C18H26N2O4/c1-6-15(21)20(4)18(2,3)17(23)19-14(16(22)24-5)12-13-10-8-7-9-11-13/h7-11,14H,6,12H2,1-5H3,(H,19,23)/t14-/m0/s1. The molecule has 6 nitrogen and oxygen atoms in total. The highest BCUT2D eigenvalue weighted by atomic mass is 16.5. The van der Waals surface area contributed by atoms with Crippen molar-refractivity contribution in [2.75, 3.05) is 14.2 Å². The van der Waals surface area contributed by atoms with Gasteiger partial charge in [-0.1, -0.05) is 37.3 Å². The zero-order valence-electron chi connectivity index (χ0n) is 15.0. The van der Waals surface area contributed by atoms with Crippen molar-refractivity contribution in [3.8, 4) is 0 Å². The average molecular weight is 334 g/mol. The molecule has 0 aliphatic carbocycles. The zero-order chi connectivity index (χ0) is 18.3. The van der Waals surface area contributed by atoms with Crippen molar-refractivity contribution in [1.82, 2.24) is 10.2 Å². The van der Waals surface area contributed by atoms with Gasteiger partial charge in [-0.15, -0.1) is 0 Å². The molecular weight excluding hydrogens is 308 g/mol. The van der Waals surface area contributed by atoms with Crippen LogP contribution in [0.25, 0.3) is 0 Å². The number of carbonyl (C=O) groups is 3. The second-order valence-corrected chi connectivity index (χ2v) is 6.10. The Morgan fingerprint density at radius 3 is 2.29 bits per heavy atom. The molecule has 24 heavy (non-hydrogen) atoms. The fraction of sp³-hybridized carbons (Fsp3) is 0.500.